The second-order valence-corrected chi connectivity index (χ2v) is 5.86. The van der Waals surface area contributed by atoms with Gasteiger partial charge in [-0.3, -0.25) is 4.79 Å². The van der Waals surface area contributed by atoms with Crippen LogP contribution in [0, 0.1) is 0 Å². The normalized spacial score (nSPS) is 16.3. The zero-order valence-electron chi connectivity index (χ0n) is 13.6. The highest BCUT2D eigenvalue weighted by molar-refractivity contribution is 5.78. The molecule has 0 radical (unpaired) electrons. The van der Waals surface area contributed by atoms with Crippen molar-refractivity contribution in [2.24, 2.45) is 0 Å². The number of rotatable bonds is 4. The molecule has 2 heterocycles. The van der Waals surface area contributed by atoms with Crippen molar-refractivity contribution in [3.63, 3.8) is 0 Å². The van der Waals surface area contributed by atoms with Crippen LogP contribution in [0.4, 0.5) is 0 Å². The summed E-state index contributed by atoms with van der Waals surface area (Å²) in [6, 6.07) is 9.75. The highest BCUT2D eigenvalue weighted by Crippen LogP contribution is 2.18. The van der Waals surface area contributed by atoms with Gasteiger partial charge in [-0.2, -0.15) is 0 Å². The summed E-state index contributed by atoms with van der Waals surface area (Å²) < 4.78 is 5.51. The molecule has 5 nitrogen and oxygen atoms in total. The average molecular weight is 313 g/mol. The van der Waals surface area contributed by atoms with Crippen molar-refractivity contribution >= 4 is 5.91 Å². The van der Waals surface area contributed by atoms with Gasteiger partial charge in [0.25, 0.3) is 0 Å². The van der Waals surface area contributed by atoms with Crippen LogP contribution in [-0.2, 0) is 11.2 Å². The minimum Gasteiger partial charge on any atom is -0.444 e. The van der Waals surface area contributed by atoms with Crippen molar-refractivity contribution in [1.29, 1.82) is 0 Å². The van der Waals surface area contributed by atoms with Crippen LogP contribution in [0.5, 0.6) is 0 Å². The summed E-state index contributed by atoms with van der Waals surface area (Å²) in [5.74, 6) is 0.706. The Labute approximate surface area is 136 Å². The van der Waals surface area contributed by atoms with Crippen LogP contribution in [0.25, 0.3) is 11.5 Å². The highest BCUT2D eigenvalue weighted by atomic mass is 16.3. The molecule has 2 aromatic rings. The van der Waals surface area contributed by atoms with E-state index in [0.717, 1.165) is 44.7 Å². The van der Waals surface area contributed by atoms with Crippen molar-refractivity contribution in [2.45, 2.75) is 19.8 Å². The van der Waals surface area contributed by atoms with Gasteiger partial charge in [0.15, 0.2) is 0 Å². The monoisotopic (exact) mass is 313 g/mol. The Morgan fingerprint density at radius 3 is 2.78 bits per heavy atom. The van der Waals surface area contributed by atoms with Crippen molar-refractivity contribution in [1.82, 2.24) is 14.8 Å². The molecule has 0 saturated carbocycles. The van der Waals surface area contributed by atoms with Gasteiger partial charge in [-0.15, -0.1) is 0 Å². The van der Waals surface area contributed by atoms with E-state index in [1.54, 1.807) is 6.26 Å². The number of hydrogen-bond donors (Lipinski definition) is 0. The Hall–Kier alpha value is -2.14. The molecule has 122 valence electrons. The first kappa shape index (κ1) is 15.7. The number of hydrogen-bond acceptors (Lipinski definition) is 4. The quantitative estimate of drug-likeness (QED) is 0.870. The molecule has 0 N–H and O–H groups in total. The zero-order chi connectivity index (χ0) is 16.1. The predicted molar refractivity (Wildman–Crippen MR) is 89.0 cm³/mol. The fraction of sp³-hybridized carbons (Fsp3) is 0.444. The number of carbonyl (C=O) groups excluding carboxylic acids is 1. The van der Waals surface area contributed by atoms with Gasteiger partial charge in [0.05, 0.1) is 12.1 Å². The third-order valence-corrected chi connectivity index (χ3v) is 4.29. The second kappa shape index (κ2) is 7.42. The molecular weight excluding hydrogens is 290 g/mol. The predicted octanol–water partition coefficient (Wildman–Crippen LogP) is 2.44. The molecule has 23 heavy (non-hydrogen) atoms. The number of amides is 1. The van der Waals surface area contributed by atoms with Gasteiger partial charge in [0, 0.05) is 25.2 Å². The van der Waals surface area contributed by atoms with E-state index < -0.39 is 0 Å². The van der Waals surface area contributed by atoms with Gasteiger partial charge in [0.2, 0.25) is 11.8 Å². The van der Waals surface area contributed by atoms with Crippen LogP contribution in [0.1, 0.15) is 19.0 Å². The first-order chi connectivity index (χ1) is 11.3. The van der Waals surface area contributed by atoms with Crippen LogP contribution in [0.2, 0.25) is 0 Å². The van der Waals surface area contributed by atoms with Gasteiger partial charge in [0.1, 0.15) is 6.26 Å². The molecule has 1 saturated heterocycles. The molecule has 3 rings (SSSR count). The molecule has 0 spiro atoms. The maximum absolute atomic E-state index is 12.5. The molecule has 1 aliphatic rings. The Morgan fingerprint density at radius 1 is 1.17 bits per heavy atom. The molecule has 1 aliphatic heterocycles. The van der Waals surface area contributed by atoms with E-state index in [1.807, 2.05) is 35.2 Å². The Bertz CT molecular complexity index is 639. The molecule has 1 aromatic carbocycles. The molecule has 1 aromatic heterocycles. The van der Waals surface area contributed by atoms with E-state index >= 15 is 0 Å². The molecule has 1 amide bonds. The molecular formula is C18H23N3O2. The lowest BCUT2D eigenvalue weighted by Gasteiger charge is -2.20. The zero-order valence-corrected chi connectivity index (χ0v) is 13.6. The van der Waals surface area contributed by atoms with Crippen LogP contribution in [0.15, 0.2) is 41.0 Å². The first-order valence-electron chi connectivity index (χ1n) is 8.26. The summed E-state index contributed by atoms with van der Waals surface area (Å²) in [4.78, 5) is 21.3. The van der Waals surface area contributed by atoms with Gasteiger partial charge in [-0.1, -0.05) is 25.1 Å². The molecule has 0 aliphatic carbocycles. The van der Waals surface area contributed by atoms with E-state index in [-0.39, 0.29) is 5.91 Å². The van der Waals surface area contributed by atoms with E-state index in [9.17, 15) is 4.79 Å². The van der Waals surface area contributed by atoms with E-state index in [1.165, 1.54) is 0 Å². The summed E-state index contributed by atoms with van der Waals surface area (Å²) in [6.07, 6.45) is 2.94. The van der Waals surface area contributed by atoms with E-state index in [2.05, 4.69) is 16.8 Å². The summed E-state index contributed by atoms with van der Waals surface area (Å²) in [7, 11) is 0. The largest absolute Gasteiger partial charge is 0.444 e. The molecule has 5 heteroatoms. The number of carbonyl (C=O) groups is 1. The minimum absolute atomic E-state index is 0.135. The van der Waals surface area contributed by atoms with Crippen LogP contribution < -0.4 is 0 Å². The van der Waals surface area contributed by atoms with Crippen molar-refractivity contribution in [3.05, 3.63) is 42.3 Å². The van der Waals surface area contributed by atoms with Gasteiger partial charge >= 0.3 is 0 Å². The smallest absolute Gasteiger partial charge is 0.228 e. The van der Waals surface area contributed by atoms with Crippen molar-refractivity contribution in [2.75, 3.05) is 32.7 Å². The Balaban J connectivity index is 1.61. The molecule has 0 bridgehead atoms. The lowest BCUT2D eigenvalue weighted by Crippen LogP contribution is -2.36. The number of oxazole rings is 1. The number of benzene rings is 1. The van der Waals surface area contributed by atoms with E-state index in [0.29, 0.717) is 18.0 Å². The summed E-state index contributed by atoms with van der Waals surface area (Å²) in [5.41, 5.74) is 1.63. The summed E-state index contributed by atoms with van der Waals surface area (Å²) in [6.45, 7) is 6.87. The lowest BCUT2D eigenvalue weighted by atomic mass is 10.2. The standard InChI is InChI=1S/C18H23N3O2/c1-2-20-9-6-10-21(12-11-20)17(22)13-16-14-23-18(19-16)15-7-4-3-5-8-15/h3-5,7-8,14H,2,6,9-13H2,1H3. The highest BCUT2D eigenvalue weighted by Gasteiger charge is 2.20. The van der Waals surface area contributed by atoms with Gasteiger partial charge in [-0.05, 0) is 31.6 Å². The lowest BCUT2D eigenvalue weighted by molar-refractivity contribution is -0.130. The van der Waals surface area contributed by atoms with Gasteiger partial charge < -0.3 is 14.2 Å². The van der Waals surface area contributed by atoms with Crippen molar-refractivity contribution in [3.8, 4) is 11.5 Å². The maximum Gasteiger partial charge on any atom is 0.228 e. The van der Waals surface area contributed by atoms with E-state index in [4.69, 9.17) is 4.42 Å². The van der Waals surface area contributed by atoms with Crippen LogP contribution in [-0.4, -0.2) is 53.4 Å². The summed E-state index contributed by atoms with van der Waals surface area (Å²) in [5, 5.41) is 0. The minimum atomic E-state index is 0.135. The third-order valence-electron chi connectivity index (χ3n) is 4.29. The first-order valence-corrected chi connectivity index (χ1v) is 8.26. The average Bonchev–Trinajstić information content (AvgIpc) is 2.91. The number of aromatic nitrogens is 1. The number of nitrogens with zero attached hydrogens (tertiary/aromatic N) is 3. The molecule has 0 unspecified atom stereocenters. The topological polar surface area (TPSA) is 49.6 Å². The Kier molecular flexibility index (Phi) is 5.08. The Morgan fingerprint density at radius 2 is 2.00 bits per heavy atom. The van der Waals surface area contributed by atoms with Crippen LogP contribution >= 0.6 is 0 Å². The maximum atomic E-state index is 12.5. The molecule has 0 atom stereocenters. The third kappa shape index (κ3) is 3.99. The van der Waals surface area contributed by atoms with Crippen molar-refractivity contribution < 1.29 is 9.21 Å². The fourth-order valence-electron chi connectivity index (χ4n) is 2.90. The second-order valence-electron chi connectivity index (χ2n) is 5.86. The fourth-order valence-corrected chi connectivity index (χ4v) is 2.90. The SMILES string of the molecule is CCN1CCCN(C(=O)Cc2coc(-c3ccccc3)n2)CC1. The molecule has 1 fully saturated rings. The summed E-state index contributed by atoms with van der Waals surface area (Å²) >= 11 is 0. The van der Waals surface area contributed by atoms with Gasteiger partial charge in [-0.25, -0.2) is 4.98 Å². The number of likely N-dealkylation sites (N-methyl/N-ethyl adjacent to an activating group) is 1. The van der Waals surface area contributed by atoms with Crippen LogP contribution in [0.3, 0.4) is 0 Å².